The molecule has 0 aromatic heterocycles. The predicted molar refractivity (Wildman–Crippen MR) is 71.3 cm³/mol. The van der Waals surface area contributed by atoms with Crippen LogP contribution in [0.5, 0.6) is 0 Å². The van der Waals surface area contributed by atoms with Crippen molar-refractivity contribution in [2.75, 3.05) is 5.73 Å². The Morgan fingerprint density at radius 3 is 2.26 bits per heavy atom. The van der Waals surface area contributed by atoms with Gasteiger partial charge in [0.15, 0.2) is 17.4 Å². The molecule has 2 nitrogen and oxygen atoms in total. The number of anilines is 1. The van der Waals surface area contributed by atoms with Gasteiger partial charge in [-0.1, -0.05) is 11.8 Å². The number of hydrogen-bond acceptors (Lipinski definition) is 3. The van der Waals surface area contributed by atoms with Crippen LogP contribution in [-0.4, -0.2) is 5.78 Å². The van der Waals surface area contributed by atoms with Gasteiger partial charge in [-0.25, -0.2) is 8.78 Å². The van der Waals surface area contributed by atoms with E-state index in [0.29, 0.717) is 16.1 Å². The smallest absolute Gasteiger partial charge is 0.161 e. The Morgan fingerprint density at radius 1 is 1.05 bits per heavy atom. The van der Waals surface area contributed by atoms with Crippen LogP contribution < -0.4 is 5.73 Å². The molecule has 0 spiro atoms. The third kappa shape index (κ3) is 3.12. The van der Waals surface area contributed by atoms with Crippen LogP contribution in [0.3, 0.4) is 0 Å². The number of benzene rings is 2. The Balaban J connectivity index is 2.26. The van der Waals surface area contributed by atoms with E-state index in [4.69, 9.17) is 5.73 Å². The predicted octanol–water partition coefficient (Wildman–Crippen LogP) is 3.90. The van der Waals surface area contributed by atoms with Crippen molar-refractivity contribution >= 4 is 23.2 Å². The Hall–Kier alpha value is -1.88. The molecule has 0 fully saturated rings. The summed E-state index contributed by atoms with van der Waals surface area (Å²) in [4.78, 5) is 12.6. The molecule has 2 N–H and O–H groups in total. The second-order valence-corrected chi connectivity index (χ2v) is 5.13. The number of halogens is 2. The first kappa shape index (κ1) is 13.5. The molecule has 19 heavy (non-hydrogen) atoms. The zero-order chi connectivity index (χ0) is 14.0. The molecule has 0 bridgehead atoms. The first-order valence-corrected chi connectivity index (χ1v) is 6.32. The van der Waals surface area contributed by atoms with E-state index in [-0.39, 0.29) is 5.78 Å². The molecule has 0 aliphatic carbocycles. The number of nitrogen functional groups attached to an aromatic ring is 1. The minimum atomic E-state index is -0.890. The van der Waals surface area contributed by atoms with Crippen molar-refractivity contribution < 1.29 is 13.6 Å². The second kappa shape index (κ2) is 5.40. The molecule has 0 aliphatic heterocycles. The minimum Gasteiger partial charge on any atom is -0.398 e. The topological polar surface area (TPSA) is 43.1 Å². The average Bonchev–Trinajstić information content (AvgIpc) is 2.33. The summed E-state index contributed by atoms with van der Waals surface area (Å²) >= 11 is 1.25. The molecule has 0 heterocycles. The van der Waals surface area contributed by atoms with Crippen LogP contribution in [0.2, 0.25) is 0 Å². The summed E-state index contributed by atoms with van der Waals surface area (Å²) in [7, 11) is 0. The van der Waals surface area contributed by atoms with E-state index in [0.717, 1.165) is 17.0 Å². The lowest BCUT2D eigenvalue weighted by molar-refractivity contribution is 0.101. The lowest BCUT2D eigenvalue weighted by Gasteiger charge is -2.06. The number of carbonyl (C=O) groups is 1. The molecule has 0 radical (unpaired) electrons. The highest BCUT2D eigenvalue weighted by atomic mass is 32.2. The Bertz CT molecular complexity index is 643. The summed E-state index contributed by atoms with van der Waals surface area (Å²) in [6.45, 7) is 1.44. The van der Waals surface area contributed by atoms with Crippen molar-refractivity contribution in [3.8, 4) is 0 Å². The number of carbonyl (C=O) groups excluding carboxylic acids is 1. The lowest BCUT2D eigenvalue weighted by Crippen LogP contribution is -1.99. The summed E-state index contributed by atoms with van der Waals surface area (Å²) in [5.41, 5.74) is 6.59. The van der Waals surface area contributed by atoms with Crippen LogP contribution in [0.4, 0.5) is 14.5 Å². The quantitative estimate of drug-likeness (QED) is 0.684. The van der Waals surface area contributed by atoms with Gasteiger partial charge in [0.2, 0.25) is 0 Å². The van der Waals surface area contributed by atoms with Crippen LogP contribution in [0.15, 0.2) is 46.2 Å². The van der Waals surface area contributed by atoms with Crippen molar-refractivity contribution in [3.05, 3.63) is 53.6 Å². The minimum absolute atomic E-state index is 0.109. The zero-order valence-corrected chi connectivity index (χ0v) is 10.9. The molecule has 0 aliphatic rings. The van der Waals surface area contributed by atoms with Gasteiger partial charge in [-0.2, -0.15) is 0 Å². The van der Waals surface area contributed by atoms with E-state index in [9.17, 15) is 13.6 Å². The number of ketones is 1. The summed E-state index contributed by atoms with van der Waals surface area (Å²) in [6, 6.07) is 8.67. The summed E-state index contributed by atoms with van der Waals surface area (Å²) in [6.07, 6.45) is 0. The van der Waals surface area contributed by atoms with Crippen LogP contribution in [-0.2, 0) is 0 Å². The second-order valence-electron chi connectivity index (χ2n) is 3.98. The Labute approximate surface area is 113 Å². The average molecular weight is 279 g/mol. The highest BCUT2D eigenvalue weighted by Gasteiger charge is 2.08. The van der Waals surface area contributed by atoms with E-state index in [1.54, 1.807) is 18.2 Å². The monoisotopic (exact) mass is 279 g/mol. The van der Waals surface area contributed by atoms with Crippen molar-refractivity contribution in [2.24, 2.45) is 0 Å². The van der Waals surface area contributed by atoms with Crippen molar-refractivity contribution in [1.29, 1.82) is 0 Å². The molecule has 2 aromatic rings. The number of Topliss-reactive ketones (excluding diaryl/α,β-unsaturated/α-hetero) is 1. The van der Waals surface area contributed by atoms with Gasteiger partial charge in [-0.05, 0) is 43.3 Å². The van der Waals surface area contributed by atoms with Gasteiger partial charge in [-0.3, -0.25) is 4.79 Å². The van der Waals surface area contributed by atoms with Gasteiger partial charge < -0.3 is 5.73 Å². The van der Waals surface area contributed by atoms with E-state index in [2.05, 4.69) is 0 Å². The van der Waals surface area contributed by atoms with Gasteiger partial charge >= 0.3 is 0 Å². The van der Waals surface area contributed by atoms with Crippen molar-refractivity contribution in [1.82, 2.24) is 0 Å². The van der Waals surface area contributed by atoms with E-state index < -0.39 is 11.6 Å². The molecule has 98 valence electrons. The van der Waals surface area contributed by atoms with Crippen molar-refractivity contribution in [3.63, 3.8) is 0 Å². The highest BCUT2D eigenvalue weighted by molar-refractivity contribution is 7.99. The number of rotatable bonds is 3. The molecule has 0 saturated heterocycles. The normalized spacial score (nSPS) is 10.5. The summed E-state index contributed by atoms with van der Waals surface area (Å²) < 4.78 is 25.9. The Morgan fingerprint density at radius 2 is 1.68 bits per heavy atom. The molecule has 0 atom stereocenters. The number of hydrogen-bond donors (Lipinski definition) is 1. The van der Waals surface area contributed by atoms with E-state index in [1.807, 2.05) is 0 Å². The first-order chi connectivity index (χ1) is 8.97. The van der Waals surface area contributed by atoms with Crippen LogP contribution in [0.1, 0.15) is 17.3 Å². The van der Waals surface area contributed by atoms with Gasteiger partial charge in [0.05, 0.1) is 0 Å². The maximum atomic E-state index is 13.1. The molecule has 5 heteroatoms. The summed E-state index contributed by atoms with van der Waals surface area (Å²) in [5, 5.41) is 0. The third-order valence-electron chi connectivity index (χ3n) is 2.53. The third-order valence-corrected chi connectivity index (χ3v) is 3.51. The maximum absolute atomic E-state index is 13.1. The first-order valence-electron chi connectivity index (χ1n) is 5.51. The van der Waals surface area contributed by atoms with Crippen LogP contribution in [0.25, 0.3) is 0 Å². The molecular weight excluding hydrogens is 268 g/mol. The molecule has 2 rings (SSSR count). The van der Waals surface area contributed by atoms with Gasteiger partial charge in [0, 0.05) is 21.0 Å². The fraction of sp³-hybridized carbons (Fsp3) is 0.0714. The van der Waals surface area contributed by atoms with Gasteiger partial charge in [-0.15, -0.1) is 0 Å². The molecule has 0 unspecified atom stereocenters. The highest BCUT2D eigenvalue weighted by Crippen LogP contribution is 2.30. The van der Waals surface area contributed by atoms with Gasteiger partial charge in [0.1, 0.15) is 0 Å². The van der Waals surface area contributed by atoms with Crippen LogP contribution >= 0.6 is 11.8 Å². The lowest BCUT2D eigenvalue weighted by atomic mass is 10.1. The fourth-order valence-electron chi connectivity index (χ4n) is 1.60. The number of nitrogens with two attached hydrogens (primary N) is 1. The SMILES string of the molecule is CC(=O)c1ccc(Sc2ccc(F)c(F)c2)cc1N. The maximum Gasteiger partial charge on any atom is 0.161 e. The standard InChI is InChI=1S/C14H11F2NOS/c1-8(18)11-4-2-10(7-14(11)17)19-9-3-5-12(15)13(16)6-9/h2-7H,17H2,1H3. The zero-order valence-electron chi connectivity index (χ0n) is 10.1. The molecular formula is C14H11F2NOS. The molecule has 0 saturated carbocycles. The van der Waals surface area contributed by atoms with Gasteiger partial charge in [0.25, 0.3) is 0 Å². The summed E-state index contributed by atoms with van der Waals surface area (Å²) in [5.74, 6) is -1.88. The van der Waals surface area contributed by atoms with E-state index >= 15 is 0 Å². The fourth-order valence-corrected chi connectivity index (χ4v) is 2.49. The van der Waals surface area contributed by atoms with E-state index in [1.165, 1.54) is 24.8 Å². The molecule has 2 aromatic carbocycles. The van der Waals surface area contributed by atoms with Crippen LogP contribution in [0, 0.1) is 11.6 Å². The largest absolute Gasteiger partial charge is 0.398 e. The molecule has 0 amide bonds. The van der Waals surface area contributed by atoms with Crippen molar-refractivity contribution in [2.45, 2.75) is 16.7 Å². The Kier molecular flexibility index (Phi) is 3.85.